The average molecular weight is 271 g/mol. The zero-order chi connectivity index (χ0) is 14.4. The van der Waals surface area contributed by atoms with Gasteiger partial charge in [0.05, 0.1) is 0 Å². The van der Waals surface area contributed by atoms with Crippen LogP contribution in [-0.2, 0) is 6.42 Å². The standard InChI is InChI=1S/C18H22FN/c1-14(17-6-4-3-5-7-17)13-20-15(2)12-16-8-10-18(19)11-9-16/h3-11,14-15,20H,12-13H2,1-2H3. The van der Waals surface area contributed by atoms with Gasteiger partial charge in [-0.25, -0.2) is 4.39 Å². The van der Waals surface area contributed by atoms with Crippen LogP contribution in [0.3, 0.4) is 0 Å². The van der Waals surface area contributed by atoms with Crippen LogP contribution in [0.15, 0.2) is 54.6 Å². The van der Waals surface area contributed by atoms with Gasteiger partial charge in [-0.3, -0.25) is 0 Å². The highest BCUT2D eigenvalue weighted by Crippen LogP contribution is 2.13. The number of halogens is 1. The molecule has 0 amide bonds. The molecule has 106 valence electrons. The molecule has 2 rings (SSSR count). The topological polar surface area (TPSA) is 12.0 Å². The van der Waals surface area contributed by atoms with Gasteiger partial charge in [-0.1, -0.05) is 49.4 Å². The molecule has 0 radical (unpaired) electrons. The monoisotopic (exact) mass is 271 g/mol. The van der Waals surface area contributed by atoms with Gasteiger partial charge in [-0.05, 0) is 42.5 Å². The molecule has 0 aliphatic heterocycles. The molecule has 0 saturated carbocycles. The van der Waals surface area contributed by atoms with Crippen LogP contribution in [0.25, 0.3) is 0 Å². The number of hydrogen-bond donors (Lipinski definition) is 1. The molecular weight excluding hydrogens is 249 g/mol. The first-order valence-corrected chi connectivity index (χ1v) is 7.18. The maximum atomic E-state index is 12.9. The summed E-state index contributed by atoms with van der Waals surface area (Å²) in [6, 6.07) is 17.7. The summed E-state index contributed by atoms with van der Waals surface area (Å²) in [4.78, 5) is 0. The van der Waals surface area contributed by atoms with Gasteiger partial charge in [0.1, 0.15) is 5.82 Å². The highest BCUT2D eigenvalue weighted by Gasteiger charge is 2.08. The summed E-state index contributed by atoms with van der Waals surface area (Å²) in [6.45, 7) is 5.35. The quantitative estimate of drug-likeness (QED) is 0.832. The van der Waals surface area contributed by atoms with Gasteiger partial charge >= 0.3 is 0 Å². The van der Waals surface area contributed by atoms with Gasteiger partial charge in [-0.15, -0.1) is 0 Å². The first-order chi connectivity index (χ1) is 9.65. The van der Waals surface area contributed by atoms with E-state index in [9.17, 15) is 4.39 Å². The van der Waals surface area contributed by atoms with Crippen molar-refractivity contribution in [1.82, 2.24) is 5.32 Å². The Morgan fingerprint density at radius 3 is 2.25 bits per heavy atom. The van der Waals surface area contributed by atoms with E-state index < -0.39 is 0 Å². The minimum atomic E-state index is -0.174. The third-order valence-corrected chi connectivity index (χ3v) is 3.60. The van der Waals surface area contributed by atoms with Crippen LogP contribution in [0.2, 0.25) is 0 Å². The van der Waals surface area contributed by atoms with Crippen molar-refractivity contribution in [1.29, 1.82) is 0 Å². The second kappa shape index (κ2) is 7.20. The molecule has 2 unspecified atom stereocenters. The minimum absolute atomic E-state index is 0.174. The van der Waals surface area contributed by atoms with Crippen LogP contribution in [-0.4, -0.2) is 12.6 Å². The first kappa shape index (κ1) is 14.7. The summed E-state index contributed by atoms with van der Waals surface area (Å²) < 4.78 is 12.9. The van der Waals surface area contributed by atoms with Crippen LogP contribution in [0.4, 0.5) is 4.39 Å². The van der Waals surface area contributed by atoms with Crippen molar-refractivity contribution < 1.29 is 4.39 Å². The Labute approximate surface area is 120 Å². The van der Waals surface area contributed by atoms with E-state index in [1.807, 2.05) is 18.2 Å². The van der Waals surface area contributed by atoms with E-state index >= 15 is 0 Å². The van der Waals surface area contributed by atoms with E-state index in [4.69, 9.17) is 0 Å². The van der Waals surface area contributed by atoms with E-state index in [0.717, 1.165) is 13.0 Å². The smallest absolute Gasteiger partial charge is 0.123 e. The largest absolute Gasteiger partial charge is 0.313 e. The fraction of sp³-hybridized carbons (Fsp3) is 0.333. The van der Waals surface area contributed by atoms with Gasteiger partial charge < -0.3 is 5.32 Å². The van der Waals surface area contributed by atoms with Crippen LogP contribution in [0.5, 0.6) is 0 Å². The zero-order valence-electron chi connectivity index (χ0n) is 12.1. The Bertz CT molecular complexity index is 507. The molecule has 0 spiro atoms. The Kier molecular flexibility index (Phi) is 5.31. The molecule has 0 aliphatic carbocycles. The number of benzene rings is 2. The zero-order valence-corrected chi connectivity index (χ0v) is 12.1. The summed E-state index contributed by atoms with van der Waals surface area (Å²) in [5, 5.41) is 3.55. The molecule has 0 aliphatic rings. The Morgan fingerprint density at radius 1 is 0.950 bits per heavy atom. The number of rotatable bonds is 6. The lowest BCUT2D eigenvalue weighted by atomic mass is 10.0. The minimum Gasteiger partial charge on any atom is -0.313 e. The van der Waals surface area contributed by atoms with Crippen molar-refractivity contribution in [3.63, 3.8) is 0 Å². The predicted molar refractivity (Wildman–Crippen MR) is 82.4 cm³/mol. The molecule has 0 bridgehead atoms. The average Bonchev–Trinajstić information content (AvgIpc) is 2.48. The number of hydrogen-bond acceptors (Lipinski definition) is 1. The van der Waals surface area contributed by atoms with Gasteiger partial charge in [0.2, 0.25) is 0 Å². The normalized spacial score (nSPS) is 13.9. The van der Waals surface area contributed by atoms with Crippen molar-refractivity contribution in [2.45, 2.75) is 32.2 Å². The lowest BCUT2D eigenvalue weighted by Crippen LogP contribution is -2.31. The maximum Gasteiger partial charge on any atom is 0.123 e. The van der Waals surface area contributed by atoms with E-state index in [2.05, 4.69) is 43.4 Å². The van der Waals surface area contributed by atoms with E-state index in [1.165, 1.54) is 23.3 Å². The molecule has 0 aromatic heterocycles. The second-order valence-electron chi connectivity index (χ2n) is 5.45. The predicted octanol–water partition coefficient (Wildman–Crippen LogP) is 4.15. The van der Waals surface area contributed by atoms with Gasteiger partial charge in [0.25, 0.3) is 0 Å². The van der Waals surface area contributed by atoms with Crippen molar-refractivity contribution in [2.75, 3.05) is 6.54 Å². The maximum absolute atomic E-state index is 12.9. The van der Waals surface area contributed by atoms with Crippen molar-refractivity contribution in [3.8, 4) is 0 Å². The van der Waals surface area contributed by atoms with Crippen LogP contribution in [0, 0.1) is 5.82 Å². The number of nitrogens with one attached hydrogen (secondary N) is 1. The van der Waals surface area contributed by atoms with E-state index in [0.29, 0.717) is 12.0 Å². The molecule has 0 heterocycles. The SMILES string of the molecule is CC(Cc1ccc(F)cc1)NCC(C)c1ccccc1. The molecule has 2 atom stereocenters. The summed E-state index contributed by atoms with van der Waals surface area (Å²) in [5.74, 6) is 0.318. The third-order valence-electron chi connectivity index (χ3n) is 3.60. The Balaban J connectivity index is 1.80. The molecule has 1 N–H and O–H groups in total. The van der Waals surface area contributed by atoms with Crippen LogP contribution < -0.4 is 5.32 Å². The first-order valence-electron chi connectivity index (χ1n) is 7.18. The van der Waals surface area contributed by atoms with E-state index in [-0.39, 0.29) is 5.82 Å². The van der Waals surface area contributed by atoms with Crippen molar-refractivity contribution >= 4 is 0 Å². The molecular formula is C18H22FN. The van der Waals surface area contributed by atoms with Crippen LogP contribution >= 0.6 is 0 Å². The summed E-state index contributed by atoms with van der Waals surface area (Å²) in [5.41, 5.74) is 2.52. The fourth-order valence-corrected chi connectivity index (χ4v) is 2.32. The van der Waals surface area contributed by atoms with Crippen molar-refractivity contribution in [3.05, 3.63) is 71.5 Å². The Morgan fingerprint density at radius 2 is 1.60 bits per heavy atom. The molecule has 20 heavy (non-hydrogen) atoms. The molecule has 1 nitrogen and oxygen atoms in total. The molecule has 0 fully saturated rings. The van der Waals surface area contributed by atoms with Crippen molar-refractivity contribution in [2.24, 2.45) is 0 Å². The third kappa shape index (κ3) is 4.46. The molecule has 2 aromatic rings. The summed E-state index contributed by atoms with van der Waals surface area (Å²) in [7, 11) is 0. The summed E-state index contributed by atoms with van der Waals surface area (Å²) in [6.07, 6.45) is 0.918. The lowest BCUT2D eigenvalue weighted by molar-refractivity contribution is 0.516. The lowest BCUT2D eigenvalue weighted by Gasteiger charge is -2.18. The highest BCUT2D eigenvalue weighted by molar-refractivity contribution is 5.19. The Hall–Kier alpha value is -1.67. The highest BCUT2D eigenvalue weighted by atomic mass is 19.1. The van der Waals surface area contributed by atoms with Gasteiger partial charge in [0.15, 0.2) is 0 Å². The van der Waals surface area contributed by atoms with Crippen LogP contribution in [0.1, 0.15) is 30.9 Å². The molecule has 2 heteroatoms. The summed E-state index contributed by atoms with van der Waals surface area (Å²) >= 11 is 0. The molecule has 0 saturated heterocycles. The van der Waals surface area contributed by atoms with Gasteiger partial charge in [0, 0.05) is 12.6 Å². The second-order valence-corrected chi connectivity index (χ2v) is 5.45. The molecule has 2 aromatic carbocycles. The van der Waals surface area contributed by atoms with E-state index in [1.54, 1.807) is 0 Å². The van der Waals surface area contributed by atoms with Gasteiger partial charge in [-0.2, -0.15) is 0 Å². The fourth-order valence-electron chi connectivity index (χ4n) is 2.32.